The number of aromatic nitrogens is 2. The zero-order valence-corrected chi connectivity index (χ0v) is 26.3. The van der Waals surface area contributed by atoms with Gasteiger partial charge in [-0.1, -0.05) is 42.4 Å². The zero-order chi connectivity index (χ0) is 31.7. The van der Waals surface area contributed by atoms with E-state index in [1.165, 1.54) is 4.90 Å². The van der Waals surface area contributed by atoms with E-state index >= 15 is 0 Å². The predicted octanol–water partition coefficient (Wildman–Crippen LogP) is 4.36. The topological polar surface area (TPSA) is 78.6 Å². The van der Waals surface area contributed by atoms with Gasteiger partial charge in [-0.25, -0.2) is 11.0 Å². The van der Waals surface area contributed by atoms with E-state index < -0.39 is 17.8 Å². The maximum atomic E-state index is 13.8. The van der Waals surface area contributed by atoms with Crippen LogP contribution in [0.5, 0.6) is 6.01 Å². The molecule has 2 aromatic carbocycles. The van der Waals surface area contributed by atoms with Gasteiger partial charge in [-0.05, 0) is 37.4 Å². The molecule has 12 heteroatoms. The molecule has 0 radical (unpaired) electrons. The van der Waals surface area contributed by atoms with Crippen molar-refractivity contribution in [3.05, 3.63) is 76.5 Å². The Labute approximate surface area is 267 Å². The lowest BCUT2D eigenvalue weighted by Crippen LogP contribution is -2.57. The van der Waals surface area contributed by atoms with Gasteiger partial charge in [-0.3, -0.25) is 9.69 Å². The third kappa shape index (κ3) is 6.27. The van der Waals surface area contributed by atoms with Crippen molar-refractivity contribution in [2.45, 2.75) is 37.6 Å². The van der Waals surface area contributed by atoms with E-state index in [-0.39, 0.29) is 31.2 Å². The maximum Gasteiger partial charge on any atom is 0.318 e. The number of carbonyl (C=O) groups is 1. The van der Waals surface area contributed by atoms with Crippen molar-refractivity contribution in [2.24, 2.45) is 0 Å². The van der Waals surface area contributed by atoms with Crippen molar-refractivity contribution in [1.29, 1.82) is 0 Å². The predicted molar refractivity (Wildman–Crippen MR) is 173 cm³/mol. The van der Waals surface area contributed by atoms with Crippen LogP contribution >= 0.6 is 11.6 Å². The highest BCUT2D eigenvalue weighted by Gasteiger charge is 2.37. The summed E-state index contributed by atoms with van der Waals surface area (Å²) in [5.41, 5.74) is 2.91. The first-order valence-electron chi connectivity index (χ1n) is 15.2. The second-order valence-electron chi connectivity index (χ2n) is 11.9. The minimum Gasteiger partial charge on any atom is -0.462 e. The Morgan fingerprint density at radius 1 is 1.13 bits per heavy atom. The van der Waals surface area contributed by atoms with Gasteiger partial charge in [-0.2, -0.15) is 9.97 Å². The summed E-state index contributed by atoms with van der Waals surface area (Å²) in [7, 11) is 3.79. The molecule has 3 atom stereocenters. The lowest BCUT2D eigenvalue weighted by atomic mass is 10.0. The molecule has 10 nitrogen and oxygen atoms in total. The van der Waals surface area contributed by atoms with Crippen LogP contribution in [-0.2, 0) is 22.5 Å². The van der Waals surface area contributed by atoms with Gasteiger partial charge in [-0.15, -0.1) is 0 Å². The molecule has 3 aliphatic heterocycles. The van der Waals surface area contributed by atoms with Crippen molar-refractivity contribution in [1.82, 2.24) is 19.8 Å². The van der Waals surface area contributed by atoms with E-state index in [9.17, 15) is 9.18 Å². The normalized spacial score (nSPS) is 21.9. The van der Waals surface area contributed by atoms with Crippen molar-refractivity contribution in [3.63, 3.8) is 0 Å². The minimum atomic E-state index is -1.02. The molecule has 0 bridgehead atoms. The quantitative estimate of drug-likeness (QED) is 0.268. The van der Waals surface area contributed by atoms with Crippen LogP contribution in [0.15, 0.2) is 48.8 Å². The first-order chi connectivity index (χ1) is 21.8. The lowest BCUT2D eigenvalue weighted by molar-refractivity contribution is -0.131. The van der Waals surface area contributed by atoms with Crippen LogP contribution in [-0.4, -0.2) is 104 Å². The number of amides is 1. The van der Waals surface area contributed by atoms with Crippen LogP contribution in [0.2, 0.25) is 5.02 Å². The Bertz CT molecular complexity index is 1640. The highest BCUT2D eigenvalue weighted by molar-refractivity contribution is 6.36. The summed E-state index contributed by atoms with van der Waals surface area (Å²) >= 11 is 6.69. The smallest absolute Gasteiger partial charge is 0.318 e. The van der Waals surface area contributed by atoms with E-state index in [0.717, 1.165) is 53.0 Å². The molecular formula is C33H37ClFN7O3. The summed E-state index contributed by atoms with van der Waals surface area (Å²) < 4.78 is 25.7. The van der Waals surface area contributed by atoms with Crippen LogP contribution < -0.4 is 14.5 Å². The number of benzene rings is 2. The number of hydrogen-bond donors (Lipinski definition) is 0. The monoisotopic (exact) mass is 633 g/mol. The van der Waals surface area contributed by atoms with Crippen molar-refractivity contribution in [2.75, 3.05) is 69.8 Å². The number of fused-ring (bicyclic) bond motifs is 2. The number of carbonyl (C=O) groups excluding carboxylic acids is 1. The fourth-order valence-corrected chi connectivity index (χ4v) is 7.04. The maximum absolute atomic E-state index is 13.8. The van der Waals surface area contributed by atoms with Gasteiger partial charge in [0.05, 0.1) is 23.4 Å². The summed E-state index contributed by atoms with van der Waals surface area (Å²) in [6, 6.07) is 12.1. The number of anilines is 2. The van der Waals surface area contributed by atoms with E-state index in [4.69, 9.17) is 37.6 Å². The molecule has 4 heterocycles. The highest BCUT2D eigenvalue weighted by Crippen LogP contribution is 2.37. The molecule has 0 saturated carbocycles. The summed E-state index contributed by atoms with van der Waals surface area (Å²) in [6.07, 6.45) is 1.69. The molecule has 1 amide bonds. The molecule has 6 rings (SSSR count). The molecule has 0 N–H and O–H groups in total. The Hall–Kier alpha value is -3.98. The Kier molecular flexibility index (Phi) is 9.08. The fraction of sp³-hybridized carbons (Fsp3) is 0.455. The number of ether oxygens (including phenoxy) is 2. The van der Waals surface area contributed by atoms with Crippen LogP contribution in [0.4, 0.5) is 15.9 Å². The average molecular weight is 634 g/mol. The first-order valence-corrected chi connectivity index (χ1v) is 15.6. The number of halogens is 2. The minimum absolute atomic E-state index is 0.0520. The van der Waals surface area contributed by atoms with Gasteiger partial charge in [0.25, 0.3) is 5.91 Å². The van der Waals surface area contributed by atoms with Crippen LogP contribution in [0.1, 0.15) is 17.7 Å². The standard InChI is InChI=1S/C33H37ClFN7O3/c1-21(35)32(43)42-14-13-41(17-24(42)16-36-2)31-26-11-12-40(29-10-6-8-22-7-5-9-27(34)30(22)29)19-28(26)37-33(38-31)45-20-23-15-25(44-4)18-39(23)3/h5-10,23-25H,1,11-20H2,3-4H3/t23-,24+,25-/m1/s1. The van der Waals surface area contributed by atoms with E-state index in [1.807, 2.05) is 18.2 Å². The number of likely N-dealkylation sites (tertiary alicyclic amines) is 1. The Morgan fingerprint density at radius 3 is 2.67 bits per heavy atom. The molecular weight excluding hydrogens is 597 g/mol. The molecule has 0 spiro atoms. The van der Waals surface area contributed by atoms with Crippen LogP contribution in [0.3, 0.4) is 0 Å². The summed E-state index contributed by atoms with van der Waals surface area (Å²) in [4.78, 5) is 34.0. The lowest BCUT2D eigenvalue weighted by Gasteiger charge is -2.41. The molecule has 3 aliphatic rings. The average Bonchev–Trinajstić information content (AvgIpc) is 3.42. The van der Waals surface area contributed by atoms with Crippen LogP contribution in [0.25, 0.3) is 15.6 Å². The second kappa shape index (κ2) is 13.2. The molecule has 0 unspecified atom stereocenters. The molecule has 2 saturated heterocycles. The number of piperazine rings is 1. The molecule has 0 aliphatic carbocycles. The number of hydrogen-bond acceptors (Lipinski definition) is 8. The molecule has 236 valence electrons. The summed E-state index contributed by atoms with van der Waals surface area (Å²) in [5.74, 6) is -1.05. The van der Waals surface area contributed by atoms with Gasteiger partial charge >= 0.3 is 6.01 Å². The van der Waals surface area contributed by atoms with Gasteiger partial charge < -0.3 is 29.0 Å². The van der Waals surface area contributed by atoms with Crippen molar-refractivity contribution >= 4 is 39.8 Å². The number of likely N-dealkylation sites (N-methyl/N-ethyl adjacent to an activating group) is 1. The largest absolute Gasteiger partial charge is 0.462 e. The van der Waals surface area contributed by atoms with Gasteiger partial charge in [0.2, 0.25) is 6.54 Å². The molecule has 1 aromatic heterocycles. The van der Waals surface area contributed by atoms with E-state index in [2.05, 4.69) is 51.4 Å². The number of rotatable bonds is 8. The SMILES string of the molecule is [C-]#[N+]C[C@H]1CN(c2nc(OC[C@H]3C[C@@H](OC)CN3C)nc3c2CCN(c2cccc4cccc(Cl)c24)C3)CCN1C(=O)C(=C)F. The van der Waals surface area contributed by atoms with Gasteiger partial charge in [0.1, 0.15) is 18.5 Å². The van der Waals surface area contributed by atoms with Crippen LogP contribution in [0, 0.1) is 6.57 Å². The second-order valence-corrected chi connectivity index (χ2v) is 12.3. The summed E-state index contributed by atoms with van der Waals surface area (Å²) in [5, 5.41) is 2.78. The number of nitrogens with zero attached hydrogens (tertiary/aromatic N) is 7. The van der Waals surface area contributed by atoms with Crippen molar-refractivity contribution in [3.8, 4) is 6.01 Å². The number of methoxy groups -OCH3 is 1. The summed E-state index contributed by atoms with van der Waals surface area (Å²) in [6.45, 7) is 14.2. The Balaban J connectivity index is 1.33. The van der Waals surface area contributed by atoms with Crippen molar-refractivity contribution < 1.29 is 18.7 Å². The van der Waals surface area contributed by atoms with E-state index in [1.54, 1.807) is 7.11 Å². The fourth-order valence-electron chi connectivity index (χ4n) is 6.76. The molecule has 2 fully saturated rings. The Morgan fingerprint density at radius 2 is 1.93 bits per heavy atom. The zero-order valence-electron chi connectivity index (χ0n) is 25.6. The van der Waals surface area contributed by atoms with Gasteiger partial charge in [0.15, 0.2) is 5.83 Å². The third-order valence-electron chi connectivity index (χ3n) is 9.16. The third-order valence-corrected chi connectivity index (χ3v) is 9.48. The van der Waals surface area contributed by atoms with Gasteiger partial charge in [0, 0.05) is 62.5 Å². The first kappa shape index (κ1) is 31.0. The molecule has 45 heavy (non-hydrogen) atoms. The highest BCUT2D eigenvalue weighted by atomic mass is 35.5. The molecule has 3 aromatic rings. The van der Waals surface area contributed by atoms with E-state index in [0.29, 0.717) is 37.7 Å².